The van der Waals surface area contributed by atoms with Gasteiger partial charge >= 0.3 is 0 Å². The van der Waals surface area contributed by atoms with Crippen molar-refractivity contribution < 1.29 is 9.53 Å². The van der Waals surface area contributed by atoms with Crippen molar-refractivity contribution in [2.75, 3.05) is 7.11 Å². The molecule has 0 aliphatic carbocycles. The lowest BCUT2D eigenvalue weighted by Crippen LogP contribution is -1.91. The van der Waals surface area contributed by atoms with Crippen molar-refractivity contribution >= 4 is 17.9 Å². The number of hydrogen-bond acceptors (Lipinski definition) is 3. The number of aromatic nitrogens is 2. The minimum Gasteiger partial charge on any atom is -0.495 e. The van der Waals surface area contributed by atoms with E-state index in [-0.39, 0.29) is 0 Å². The third-order valence-electron chi connectivity index (χ3n) is 2.56. The van der Waals surface area contributed by atoms with Crippen LogP contribution in [0.1, 0.15) is 15.9 Å². The molecule has 0 saturated heterocycles. The molecule has 0 aliphatic heterocycles. The van der Waals surface area contributed by atoms with E-state index in [1.165, 1.54) is 6.20 Å². The van der Waals surface area contributed by atoms with Gasteiger partial charge < -0.3 is 4.74 Å². The maximum Gasteiger partial charge on any atom is 0.153 e. The first-order valence-corrected chi connectivity index (χ1v) is 5.38. The number of nitrogens with zero attached hydrogens (tertiary/aromatic N) is 1. The molecule has 0 atom stereocenters. The lowest BCUT2D eigenvalue weighted by Gasteiger charge is -2.09. The van der Waals surface area contributed by atoms with Gasteiger partial charge in [-0.25, -0.2) is 0 Å². The number of hydrogen-bond donors (Lipinski definition) is 1. The lowest BCUT2D eigenvalue weighted by molar-refractivity contribution is 0.112. The number of aldehydes is 1. The van der Waals surface area contributed by atoms with Crippen LogP contribution in [0, 0.1) is 6.92 Å². The third kappa shape index (κ3) is 2.03. The van der Waals surface area contributed by atoms with Gasteiger partial charge in [-0.15, -0.1) is 0 Å². The zero-order valence-corrected chi connectivity index (χ0v) is 10.2. The highest BCUT2D eigenvalue weighted by Gasteiger charge is 2.12. The van der Waals surface area contributed by atoms with Gasteiger partial charge in [0.1, 0.15) is 5.75 Å². The van der Waals surface area contributed by atoms with E-state index in [1.54, 1.807) is 13.2 Å². The maximum atomic E-state index is 10.9. The average molecular weight is 251 g/mol. The molecule has 17 heavy (non-hydrogen) atoms. The largest absolute Gasteiger partial charge is 0.495 e. The van der Waals surface area contributed by atoms with Gasteiger partial charge in [0.05, 0.1) is 29.6 Å². The molecular formula is C12H11ClN2O2. The number of aromatic amines is 1. The van der Waals surface area contributed by atoms with Crippen molar-refractivity contribution in [3.8, 4) is 17.0 Å². The number of benzene rings is 1. The number of carbonyl (C=O) groups is 1. The van der Waals surface area contributed by atoms with E-state index < -0.39 is 0 Å². The molecule has 0 saturated carbocycles. The van der Waals surface area contributed by atoms with Crippen LogP contribution in [-0.2, 0) is 0 Å². The van der Waals surface area contributed by atoms with E-state index in [1.807, 2.05) is 13.0 Å². The Balaban J connectivity index is 2.60. The summed E-state index contributed by atoms with van der Waals surface area (Å²) in [6, 6.07) is 3.59. The maximum absolute atomic E-state index is 10.9. The predicted molar refractivity (Wildman–Crippen MR) is 65.7 cm³/mol. The first-order valence-electron chi connectivity index (χ1n) is 5.00. The number of H-pyrrole nitrogens is 1. The molecule has 2 rings (SSSR count). The van der Waals surface area contributed by atoms with Crippen LogP contribution in [0.2, 0.25) is 5.02 Å². The third-order valence-corrected chi connectivity index (χ3v) is 2.86. The van der Waals surface area contributed by atoms with Crippen LogP contribution < -0.4 is 4.74 Å². The molecule has 0 unspecified atom stereocenters. The van der Waals surface area contributed by atoms with E-state index in [0.717, 1.165) is 17.4 Å². The van der Waals surface area contributed by atoms with Gasteiger partial charge in [-0.2, -0.15) is 5.10 Å². The first kappa shape index (κ1) is 11.7. The van der Waals surface area contributed by atoms with Crippen LogP contribution in [0.3, 0.4) is 0 Å². The Morgan fingerprint density at radius 2 is 2.24 bits per heavy atom. The van der Waals surface area contributed by atoms with Crippen molar-refractivity contribution in [3.63, 3.8) is 0 Å². The van der Waals surface area contributed by atoms with Gasteiger partial charge in [-0.1, -0.05) is 11.6 Å². The van der Waals surface area contributed by atoms with Gasteiger partial charge in [-0.3, -0.25) is 9.89 Å². The fraction of sp³-hybridized carbons (Fsp3) is 0.167. The molecule has 4 nitrogen and oxygen atoms in total. The van der Waals surface area contributed by atoms with Crippen LogP contribution in [0.25, 0.3) is 11.3 Å². The molecule has 2 aromatic rings. The Morgan fingerprint density at radius 1 is 1.47 bits per heavy atom. The molecule has 1 heterocycles. The van der Waals surface area contributed by atoms with Crippen molar-refractivity contribution in [2.45, 2.75) is 6.92 Å². The van der Waals surface area contributed by atoms with Crippen LogP contribution in [0.15, 0.2) is 18.3 Å². The quantitative estimate of drug-likeness (QED) is 0.853. The number of nitrogens with one attached hydrogen (secondary N) is 1. The number of rotatable bonds is 3. The zero-order chi connectivity index (χ0) is 12.4. The first-order chi connectivity index (χ1) is 8.17. The average Bonchev–Trinajstić information content (AvgIpc) is 2.79. The summed E-state index contributed by atoms with van der Waals surface area (Å²) >= 11 is 6.07. The Labute approximate surface area is 104 Å². The van der Waals surface area contributed by atoms with E-state index in [2.05, 4.69) is 10.2 Å². The molecule has 1 aromatic heterocycles. The molecule has 0 fully saturated rings. The number of ether oxygens (including phenoxy) is 1. The van der Waals surface area contributed by atoms with E-state index >= 15 is 0 Å². The molecular weight excluding hydrogens is 240 g/mol. The van der Waals surface area contributed by atoms with Crippen LogP contribution >= 0.6 is 11.6 Å². The normalized spacial score (nSPS) is 10.3. The van der Waals surface area contributed by atoms with Crippen LogP contribution in [-0.4, -0.2) is 23.6 Å². The van der Waals surface area contributed by atoms with Gasteiger partial charge in [-0.05, 0) is 24.6 Å². The summed E-state index contributed by atoms with van der Waals surface area (Å²) in [5.41, 5.74) is 2.98. The lowest BCUT2D eigenvalue weighted by atomic mass is 10.0. The number of carbonyl (C=O) groups excluding carboxylic acids is 1. The highest BCUT2D eigenvalue weighted by atomic mass is 35.5. The molecule has 0 bridgehead atoms. The van der Waals surface area contributed by atoms with Gasteiger partial charge in [0, 0.05) is 5.56 Å². The van der Waals surface area contributed by atoms with E-state index in [4.69, 9.17) is 16.3 Å². The van der Waals surface area contributed by atoms with Gasteiger partial charge in [0.25, 0.3) is 0 Å². The van der Waals surface area contributed by atoms with Crippen molar-refractivity contribution in [1.29, 1.82) is 0 Å². The summed E-state index contributed by atoms with van der Waals surface area (Å²) in [6.07, 6.45) is 2.25. The Hall–Kier alpha value is -1.81. The minimum atomic E-state index is 0.500. The van der Waals surface area contributed by atoms with E-state index in [9.17, 15) is 4.79 Å². The monoisotopic (exact) mass is 250 g/mol. The second-order valence-electron chi connectivity index (χ2n) is 3.62. The summed E-state index contributed by atoms with van der Waals surface area (Å²) < 4.78 is 5.13. The van der Waals surface area contributed by atoms with Gasteiger partial charge in [0.15, 0.2) is 6.29 Å². The number of methoxy groups -OCH3 is 1. The second kappa shape index (κ2) is 4.59. The molecule has 1 N–H and O–H groups in total. The number of halogens is 1. The van der Waals surface area contributed by atoms with Crippen molar-refractivity contribution in [2.24, 2.45) is 0 Å². The fourth-order valence-electron chi connectivity index (χ4n) is 1.68. The summed E-state index contributed by atoms with van der Waals surface area (Å²) in [4.78, 5) is 10.9. The van der Waals surface area contributed by atoms with Crippen LogP contribution in [0.4, 0.5) is 0 Å². The molecule has 0 amide bonds. The SMILES string of the molecule is COc1cc(C)c(-c2[nH]ncc2C=O)cc1Cl. The topological polar surface area (TPSA) is 55.0 Å². The molecule has 88 valence electrons. The number of aryl methyl sites for hydroxylation is 1. The summed E-state index contributed by atoms with van der Waals surface area (Å²) in [5.74, 6) is 0.611. The highest BCUT2D eigenvalue weighted by Crippen LogP contribution is 2.33. The standard InChI is InChI=1S/C12H11ClN2O2/c1-7-3-11(17-2)10(13)4-9(7)12-8(6-16)5-14-15-12/h3-6H,1-2H3,(H,14,15). The predicted octanol–water partition coefficient (Wildman–Crippen LogP) is 2.86. The Bertz CT molecular complexity index is 564. The van der Waals surface area contributed by atoms with Gasteiger partial charge in [0.2, 0.25) is 0 Å². The van der Waals surface area contributed by atoms with Crippen molar-refractivity contribution in [1.82, 2.24) is 10.2 Å². The summed E-state index contributed by atoms with van der Waals surface area (Å²) in [5, 5.41) is 7.15. The summed E-state index contributed by atoms with van der Waals surface area (Å²) in [7, 11) is 1.56. The smallest absolute Gasteiger partial charge is 0.153 e. The minimum absolute atomic E-state index is 0.500. The Morgan fingerprint density at radius 3 is 2.88 bits per heavy atom. The molecule has 5 heteroatoms. The van der Waals surface area contributed by atoms with Crippen molar-refractivity contribution in [3.05, 3.63) is 34.5 Å². The molecule has 0 aliphatic rings. The zero-order valence-electron chi connectivity index (χ0n) is 9.45. The molecule has 1 aromatic carbocycles. The second-order valence-corrected chi connectivity index (χ2v) is 4.03. The summed E-state index contributed by atoms with van der Waals surface area (Å²) in [6.45, 7) is 1.92. The highest BCUT2D eigenvalue weighted by molar-refractivity contribution is 6.32. The Kier molecular flexibility index (Phi) is 3.15. The van der Waals surface area contributed by atoms with Crippen LogP contribution in [0.5, 0.6) is 5.75 Å². The molecule has 0 spiro atoms. The molecule has 0 radical (unpaired) electrons. The van der Waals surface area contributed by atoms with E-state index in [0.29, 0.717) is 22.0 Å². The fourth-order valence-corrected chi connectivity index (χ4v) is 1.92.